The number of benzene rings is 1. The van der Waals surface area contributed by atoms with Crippen LogP contribution in [-0.2, 0) is 16.6 Å². The third-order valence-electron chi connectivity index (χ3n) is 5.10. The Kier molecular flexibility index (Phi) is 5.25. The topological polar surface area (TPSA) is 121 Å². The number of pyridine rings is 1. The molecule has 1 fully saturated rings. The van der Waals surface area contributed by atoms with Gasteiger partial charge >= 0.3 is 0 Å². The Morgan fingerprint density at radius 1 is 1.14 bits per heavy atom. The molecule has 4 rings (SSSR count). The highest BCUT2D eigenvalue weighted by molar-refractivity contribution is 7.89. The number of fused-ring (bicyclic) bond motifs is 1. The number of nitrogens with two attached hydrogens (primary N) is 1. The maximum atomic E-state index is 12.7. The highest BCUT2D eigenvalue weighted by atomic mass is 32.2. The quantitative estimate of drug-likeness (QED) is 0.592. The zero-order chi connectivity index (χ0) is 20.4. The summed E-state index contributed by atoms with van der Waals surface area (Å²) in [5.74, 6) is 0.121. The van der Waals surface area contributed by atoms with E-state index >= 15 is 0 Å². The van der Waals surface area contributed by atoms with Crippen LogP contribution in [0, 0.1) is 0 Å². The number of rotatable bonds is 5. The minimum absolute atomic E-state index is 0.259. The van der Waals surface area contributed by atoms with Crippen molar-refractivity contribution in [3.8, 4) is 0 Å². The molecule has 1 saturated heterocycles. The molecule has 1 aliphatic heterocycles. The Labute approximate surface area is 169 Å². The van der Waals surface area contributed by atoms with Crippen LogP contribution in [0.4, 0.5) is 5.82 Å². The number of carbonyl (C=O) groups is 1. The molecule has 0 radical (unpaired) electrons. The Balaban J connectivity index is 1.41. The summed E-state index contributed by atoms with van der Waals surface area (Å²) in [6, 6.07) is 10.0. The molecule has 1 amide bonds. The molecule has 0 bridgehead atoms. The molecule has 2 aromatic heterocycles. The molecular weight excluding hydrogens is 390 g/mol. The number of amides is 1. The van der Waals surface area contributed by atoms with Crippen molar-refractivity contribution in [2.45, 2.75) is 30.7 Å². The van der Waals surface area contributed by atoms with Gasteiger partial charge in [-0.2, -0.15) is 4.31 Å². The van der Waals surface area contributed by atoms with Gasteiger partial charge in [-0.15, -0.1) is 0 Å². The third kappa shape index (κ3) is 4.10. The summed E-state index contributed by atoms with van der Waals surface area (Å²) >= 11 is 0. The standard InChI is InChI=1S/C20H23N5O3S/c21-19-11-17-15(13-22-19)10-18(24-17)20(26)23-12-14-4-6-16(7-5-14)29(27,28)25-8-2-1-3-9-25/h4-7,10-11,13,24H,1-3,8-9,12H2,(H2,21,22)(H,23,26). The Bertz CT molecular complexity index is 1130. The Morgan fingerprint density at radius 3 is 2.59 bits per heavy atom. The fourth-order valence-corrected chi connectivity index (χ4v) is 4.99. The number of aromatic nitrogens is 2. The van der Waals surface area contributed by atoms with Gasteiger partial charge in [-0.25, -0.2) is 13.4 Å². The summed E-state index contributed by atoms with van der Waals surface area (Å²) in [6.45, 7) is 1.44. The number of hydrogen-bond donors (Lipinski definition) is 3. The lowest BCUT2D eigenvalue weighted by Gasteiger charge is -2.25. The van der Waals surface area contributed by atoms with E-state index in [2.05, 4.69) is 15.3 Å². The third-order valence-corrected chi connectivity index (χ3v) is 7.01. The predicted octanol–water partition coefficient (Wildman–Crippen LogP) is 2.25. The van der Waals surface area contributed by atoms with Crippen molar-refractivity contribution >= 4 is 32.7 Å². The van der Waals surface area contributed by atoms with E-state index in [1.54, 1.807) is 46.9 Å². The van der Waals surface area contributed by atoms with Crippen molar-refractivity contribution in [2.75, 3.05) is 18.8 Å². The van der Waals surface area contributed by atoms with Crippen LogP contribution in [0.15, 0.2) is 47.5 Å². The van der Waals surface area contributed by atoms with Gasteiger partial charge in [0.05, 0.1) is 10.4 Å². The number of sulfonamides is 1. The van der Waals surface area contributed by atoms with Crippen LogP contribution < -0.4 is 11.1 Å². The average molecular weight is 414 g/mol. The highest BCUT2D eigenvalue weighted by Crippen LogP contribution is 2.21. The largest absolute Gasteiger partial charge is 0.384 e. The lowest BCUT2D eigenvalue weighted by atomic mass is 10.2. The Hall–Kier alpha value is -2.91. The molecule has 8 nitrogen and oxygen atoms in total. The number of nitrogen functional groups attached to an aromatic ring is 1. The predicted molar refractivity (Wildman–Crippen MR) is 111 cm³/mol. The van der Waals surface area contributed by atoms with Crippen molar-refractivity contribution in [3.05, 3.63) is 53.9 Å². The summed E-state index contributed by atoms with van der Waals surface area (Å²) in [6.07, 6.45) is 4.49. The number of nitrogens with one attached hydrogen (secondary N) is 2. The van der Waals surface area contributed by atoms with Gasteiger partial charge in [-0.3, -0.25) is 4.79 Å². The number of hydrogen-bond acceptors (Lipinski definition) is 5. The van der Waals surface area contributed by atoms with Crippen LogP contribution in [0.1, 0.15) is 35.3 Å². The van der Waals surface area contributed by atoms with Crippen LogP contribution in [0.2, 0.25) is 0 Å². The molecule has 29 heavy (non-hydrogen) atoms. The van der Waals surface area contributed by atoms with Crippen molar-refractivity contribution in [1.29, 1.82) is 0 Å². The lowest BCUT2D eigenvalue weighted by molar-refractivity contribution is 0.0946. The fourth-order valence-electron chi connectivity index (χ4n) is 3.48. The van der Waals surface area contributed by atoms with Gasteiger partial charge in [0.15, 0.2) is 0 Å². The van der Waals surface area contributed by atoms with Gasteiger partial charge in [0.1, 0.15) is 11.5 Å². The van der Waals surface area contributed by atoms with Crippen LogP contribution in [0.3, 0.4) is 0 Å². The number of aromatic amines is 1. The molecule has 0 unspecified atom stereocenters. The first-order valence-electron chi connectivity index (χ1n) is 9.55. The number of anilines is 1. The van der Waals surface area contributed by atoms with E-state index in [9.17, 15) is 13.2 Å². The van der Waals surface area contributed by atoms with Gasteiger partial charge in [0, 0.05) is 37.3 Å². The average Bonchev–Trinajstić information content (AvgIpc) is 3.16. The molecule has 152 valence electrons. The Morgan fingerprint density at radius 2 is 1.86 bits per heavy atom. The van der Waals surface area contributed by atoms with Crippen molar-refractivity contribution in [2.24, 2.45) is 0 Å². The van der Waals surface area contributed by atoms with Crippen LogP contribution in [0.25, 0.3) is 10.9 Å². The molecule has 0 saturated carbocycles. The van der Waals surface area contributed by atoms with E-state index in [1.807, 2.05) is 0 Å². The molecular formula is C20H23N5O3S. The second-order valence-electron chi connectivity index (χ2n) is 7.17. The van der Waals surface area contributed by atoms with Crippen molar-refractivity contribution < 1.29 is 13.2 Å². The zero-order valence-corrected chi connectivity index (χ0v) is 16.7. The summed E-state index contributed by atoms with van der Waals surface area (Å²) < 4.78 is 26.9. The number of piperidine rings is 1. The second-order valence-corrected chi connectivity index (χ2v) is 9.11. The minimum atomic E-state index is -3.45. The SMILES string of the molecule is Nc1cc2[nH]c(C(=O)NCc3ccc(S(=O)(=O)N4CCCCC4)cc3)cc2cn1. The fraction of sp³-hybridized carbons (Fsp3) is 0.300. The normalized spacial score (nSPS) is 15.4. The van der Waals surface area contributed by atoms with Gasteiger partial charge in [0.25, 0.3) is 5.91 Å². The second kappa shape index (κ2) is 7.84. The molecule has 4 N–H and O–H groups in total. The first kappa shape index (κ1) is 19.4. The van der Waals surface area contributed by atoms with E-state index in [4.69, 9.17) is 5.73 Å². The van der Waals surface area contributed by atoms with Crippen LogP contribution in [0.5, 0.6) is 0 Å². The van der Waals surface area contributed by atoms with E-state index in [0.717, 1.165) is 35.7 Å². The molecule has 0 atom stereocenters. The summed E-state index contributed by atoms with van der Waals surface area (Å²) in [5.41, 5.74) is 7.63. The number of H-pyrrole nitrogens is 1. The molecule has 3 aromatic rings. The van der Waals surface area contributed by atoms with Crippen LogP contribution in [-0.4, -0.2) is 41.7 Å². The summed E-state index contributed by atoms with van der Waals surface area (Å²) in [7, 11) is -3.45. The molecule has 0 spiro atoms. The smallest absolute Gasteiger partial charge is 0.267 e. The maximum absolute atomic E-state index is 12.7. The van der Waals surface area contributed by atoms with E-state index in [0.29, 0.717) is 31.1 Å². The molecule has 0 aliphatic carbocycles. The summed E-state index contributed by atoms with van der Waals surface area (Å²) in [5, 5.41) is 3.63. The monoisotopic (exact) mass is 413 g/mol. The first-order valence-corrected chi connectivity index (χ1v) is 11.0. The van der Waals surface area contributed by atoms with Gasteiger partial charge in [0.2, 0.25) is 10.0 Å². The maximum Gasteiger partial charge on any atom is 0.267 e. The van der Waals surface area contributed by atoms with E-state index in [-0.39, 0.29) is 10.8 Å². The van der Waals surface area contributed by atoms with Crippen LogP contribution >= 0.6 is 0 Å². The number of carbonyl (C=O) groups excluding carboxylic acids is 1. The summed E-state index contributed by atoms with van der Waals surface area (Å²) in [4.78, 5) is 19.7. The van der Waals surface area contributed by atoms with E-state index in [1.165, 1.54) is 0 Å². The molecule has 3 heterocycles. The minimum Gasteiger partial charge on any atom is -0.384 e. The van der Waals surface area contributed by atoms with Crippen molar-refractivity contribution in [3.63, 3.8) is 0 Å². The van der Waals surface area contributed by atoms with Gasteiger partial charge in [-0.1, -0.05) is 18.6 Å². The van der Waals surface area contributed by atoms with Gasteiger partial charge in [-0.05, 0) is 36.6 Å². The molecule has 9 heteroatoms. The highest BCUT2D eigenvalue weighted by Gasteiger charge is 2.25. The van der Waals surface area contributed by atoms with Crippen molar-refractivity contribution in [1.82, 2.24) is 19.6 Å². The van der Waals surface area contributed by atoms with E-state index < -0.39 is 10.0 Å². The first-order chi connectivity index (χ1) is 13.9. The molecule has 1 aromatic carbocycles. The van der Waals surface area contributed by atoms with Gasteiger partial charge < -0.3 is 16.0 Å². The number of nitrogens with zero attached hydrogens (tertiary/aromatic N) is 2. The lowest BCUT2D eigenvalue weighted by Crippen LogP contribution is -2.35. The zero-order valence-electron chi connectivity index (χ0n) is 15.9. The molecule has 1 aliphatic rings.